The molecule has 0 unspecified atom stereocenters. The van der Waals surface area contributed by atoms with Crippen LogP contribution in [0.1, 0.15) is 35.0 Å². The molecule has 32 heavy (non-hydrogen) atoms. The van der Waals surface area contributed by atoms with Crippen LogP contribution in [0.5, 0.6) is 0 Å². The number of carbonyl (C=O) groups is 2. The molecular formula is C24H21FN4O2S. The number of para-hydroxylation sites is 1. The van der Waals surface area contributed by atoms with Gasteiger partial charge in [0, 0.05) is 11.4 Å². The highest BCUT2D eigenvalue weighted by molar-refractivity contribution is 8.00. The minimum Gasteiger partial charge on any atom is -0.325 e. The normalized spacial score (nSPS) is 11.3. The number of nitrogens with zero attached hydrogens (tertiary/aromatic N) is 2. The molecule has 2 aromatic carbocycles. The van der Waals surface area contributed by atoms with E-state index in [1.807, 2.05) is 25.1 Å². The Morgan fingerprint density at radius 2 is 1.75 bits per heavy atom. The quantitative estimate of drug-likeness (QED) is 0.487. The highest BCUT2D eigenvalue weighted by Gasteiger charge is 2.23. The Kier molecular flexibility index (Phi) is 7.58. The first-order chi connectivity index (χ1) is 15.4. The van der Waals surface area contributed by atoms with Crippen molar-refractivity contribution in [1.29, 1.82) is 5.26 Å². The molecule has 0 aliphatic carbocycles. The maximum absolute atomic E-state index is 13.1. The fraction of sp³-hybridized carbons (Fsp3) is 0.167. The van der Waals surface area contributed by atoms with E-state index >= 15 is 0 Å². The summed E-state index contributed by atoms with van der Waals surface area (Å²) in [6.07, 6.45) is 0.486. The summed E-state index contributed by atoms with van der Waals surface area (Å²) in [5, 5.41) is 15.0. The van der Waals surface area contributed by atoms with Crippen LogP contribution in [0.25, 0.3) is 0 Å². The largest absolute Gasteiger partial charge is 0.325 e. The number of aryl methyl sites for hydroxylation is 1. The lowest BCUT2D eigenvalue weighted by Gasteiger charge is -2.16. The maximum Gasteiger partial charge on any atom is 0.257 e. The molecule has 0 aliphatic rings. The number of rotatable bonds is 7. The van der Waals surface area contributed by atoms with Crippen molar-refractivity contribution >= 4 is 35.0 Å². The van der Waals surface area contributed by atoms with E-state index in [-0.39, 0.29) is 23.2 Å². The predicted molar refractivity (Wildman–Crippen MR) is 123 cm³/mol. The van der Waals surface area contributed by atoms with Gasteiger partial charge in [0.15, 0.2) is 0 Å². The van der Waals surface area contributed by atoms with Crippen molar-refractivity contribution in [2.45, 2.75) is 30.5 Å². The molecule has 6 nitrogen and oxygen atoms in total. The van der Waals surface area contributed by atoms with Crippen LogP contribution in [0.2, 0.25) is 0 Å². The monoisotopic (exact) mass is 448 g/mol. The van der Waals surface area contributed by atoms with Gasteiger partial charge < -0.3 is 10.6 Å². The molecular weight excluding hydrogens is 427 g/mol. The van der Waals surface area contributed by atoms with Crippen molar-refractivity contribution < 1.29 is 14.0 Å². The predicted octanol–water partition coefficient (Wildman–Crippen LogP) is 5.16. The Morgan fingerprint density at radius 3 is 2.38 bits per heavy atom. The average Bonchev–Trinajstić information content (AvgIpc) is 2.79. The lowest BCUT2D eigenvalue weighted by atomic mass is 10.1. The van der Waals surface area contributed by atoms with Gasteiger partial charge in [0.05, 0.1) is 22.1 Å². The van der Waals surface area contributed by atoms with E-state index in [0.29, 0.717) is 34.1 Å². The molecule has 1 atom stereocenters. The number of thioether (sulfide) groups is 1. The van der Waals surface area contributed by atoms with Gasteiger partial charge in [-0.15, -0.1) is 0 Å². The summed E-state index contributed by atoms with van der Waals surface area (Å²) in [5.41, 5.74) is 2.07. The number of hydrogen-bond donors (Lipinski definition) is 2. The number of benzene rings is 2. The molecule has 0 aliphatic heterocycles. The second kappa shape index (κ2) is 10.6. The van der Waals surface area contributed by atoms with Crippen LogP contribution in [0.3, 0.4) is 0 Å². The molecule has 1 aromatic heterocycles. The van der Waals surface area contributed by atoms with E-state index in [2.05, 4.69) is 21.7 Å². The zero-order chi connectivity index (χ0) is 23.1. The number of aromatic nitrogens is 1. The van der Waals surface area contributed by atoms with Crippen LogP contribution >= 0.6 is 11.8 Å². The lowest BCUT2D eigenvalue weighted by Crippen LogP contribution is -2.25. The molecule has 2 amide bonds. The summed E-state index contributed by atoms with van der Waals surface area (Å²) >= 11 is 1.16. The number of amides is 2. The van der Waals surface area contributed by atoms with Crippen molar-refractivity contribution in [2.24, 2.45) is 0 Å². The fourth-order valence-electron chi connectivity index (χ4n) is 2.92. The molecule has 0 spiro atoms. The third-order valence-corrected chi connectivity index (χ3v) is 5.97. The zero-order valence-electron chi connectivity index (χ0n) is 17.6. The van der Waals surface area contributed by atoms with Gasteiger partial charge in [-0.2, -0.15) is 5.26 Å². The first-order valence-electron chi connectivity index (χ1n) is 9.92. The summed E-state index contributed by atoms with van der Waals surface area (Å²) in [5.74, 6) is -1.03. The Morgan fingerprint density at radius 1 is 1.09 bits per heavy atom. The molecule has 0 saturated carbocycles. The second-order valence-corrected chi connectivity index (χ2v) is 8.11. The van der Waals surface area contributed by atoms with Gasteiger partial charge in [-0.25, -0.2) is 9.37 Å². The maximum atomic E-state index is 13.1. The first kappa shape index (κ1) is 23.0. The molecule has 0 fully saturated rings. The Hall–Kier alpha value is -3.70. The van der Waals surface area contributed by atoms with Crippen LogP contribution in [0.15, 0.2) is 65.7 Å². The van der Waals surface area contributed by atoms with E-state index in [9.17, 15) is 19.2 Å². The molecule has 1 heterocycles. The summed E-state index contributed by atoms with van der Waals surface area (Å²) in [6.45, 7) is 3.53. The SMILES string of the molecule is CC[C@H](Sc1nc(C)c(C(=O)Nc2ccccc2)cc1C#N)C(=O)Nc1ccc(F)cc1. The van der Waals surface area contributed by atoms with E-state index in [4.69, 9.17) is 0 Å². The van der Waals surface area contributed by atoms with Gasteiger partial charge in [0.25, 0.3) is 5.91 Å². The third-order valence-electron chi connectivity index (χ3n) is 4.60. The molecule has 162 valence electrons. The minimum absolute atomic E-state index is 0.215. The topological polar surface area (TPSA) is 94.9 Å². The van der Waals surface area contributed by atoms with Gasteiger partial charge in [-0.05, 0) is 55.8 Å². The molecule has 0 saturated heterocycles. The summed E-state index contributed by atoms with van der Waals surface area (Å²) in [4.78, 5) is 29.8. The molecule has 2 N–H and O–H groups in total. The number of pyridine rings is 1. The van der Waals surface area contributed by atoms with Crippen molar-refractivity contribution in [3.63, 3.8) is 0 Å². The standard InChI is InChI=1S/C24H21FN4O2S/c1-3-21(23(31)29-19-11-9-17(25)10-12-19)32-24-16(14-26)13-20(15(2)27-24)22(30)28-18-7-5-4-6-8-18/h4-13,21H,3H2,1-2H3,(H,28,30)(H,29,31)/t21-/m0/s1. The van der Waals surface area contributed by atoms with Crippen LogP contribution in [-0.4, -0.2) is 22.0 Å². The third kappa shape index (κ3) is 5.71. The van der Waals surface area contributed by atoms with Crippen LogP contribution in [0.4, 0.5) is 15.8 Å². The van der Waals surface area contributed by atoms with Crippen molar-refractivity contribution in [3.05, 3.63) is 83.3 Å². The van der Waals surface area contributed by atoms with E-state index < -0.39 is 5.25 Å². The lowest BCUT2D eigenvalue weighted by molar-refractivity contribution is -0.115. The smallest absolute Gasteiger partial charge is 0.257 e. The van der Waals surface area contributed by atoms with Gasteiger partial charge in [0.1, 0.15) is 16.9 Å². The number of hydrogen-bond acceptors (Lipinski definition) is 5. The van der Waals surface area contributed by atoms with Gasteiger partial charge >= 0.3 is 0 Å². The van der Waals surface area contributed by atoms with Crippen molar-refractivity contribution in [1.82, 2.24) is 4.98 Å². The zero-order valence-corrected chi connectivity index (χ0v) is 18.4. The van der Waals surface area contributed by atoms with E-state index in [1.54, 1.807) is 19.1 Å². The number of carbonyl (C=O) groups excluding carboxylic acids is 2. The summed E-state index contributed by atoms with van der Waals surface area (Å²) in [7, 11) is 0. The Balaban J connectivity index is 1.78. The van der Waals surface area contributed by atoms with E-state index in [0.717, 1.165) is 11.8 Å². The number of nitriles is 1. The van der Waals surface area contributed by atoms with Gasteiger partial charge in [0.2, 0.25) is 5.91 Å². The van der Waals surface area contributed by atoms with E-state index in [1.165, 1.54) is 30.3 Å². The van der Waals surface area contributed by atoms with Gasteiger partial charge in [-0.1, -0.05) is 36.9 Å². The summed E-state index contributed by atoms with van der Waals surface area (Å²) in [6, 6.07) is 18.0. The molecule has 0 bridgehead atoms. The Labute approximate surface area is 189 Å². The van der Waals surface area contributed by atoms with Crippen LogP contribution < -0.4 is 10.6 Å². The first-order valence-corrected chi connectivity index (χ1v) is 10.8. The van der Waals surface area contributed by atoms with Crippen LogP contribution in [0, 0.1) is 24.1 Å². The molecule has 3 rings (SSSR count). The number of halogens is 1. The van der Waals surface area contributed by atoms with Gasteiger partial charge in [-0.3, -0.25) is 9.59 Å². The minimum atomic E-state index is -0.525. The van der Waals surface area contributed by atoms with Crippen molar-refractivity contribution in [2.75, 3.05) is 10.6 Å². The highest BCUT2D eigenvalue weighted by Crippen LogP contribution is 2.29. The van der Waals surface area contributed by atoms with Crippen molar-refractivity contribution in [3.8, 4) is 6.07 Å². The van der Waals surface area contributed by atoms with Crippen LogP contribution in [-0.2, 0) is 4.79 Å². The average molecular weight is 449 g/mol. The number of anilines is 2. The molecule has 0 radical (unpaired) electrons. The second-order valence-electron chi connectivity index (χ2n) is 6.92. The molecule has 8 heteroatoms. The summed E-state index contributed by atoms with van der Waals surface area (Å²) < 4.78 is 13.1. The highest BCUT2D eigenvalue weighted by atomic mass is 32.2. The molecule has 3 aromatic rings. The fourth-order valence-corrected chi connectivity index (χ4v) is 3.94. The Bertz CT molecular complexity index is 1160. The number of nitrogens with one attached hydrogen (secondary N) is 2.